The lowest BCUT2D eigenvalue weighted by Crippen LogP contribution is -1.76. The third-order valence-electron chi connectivity index (χ3n) is 1.80. The van der Waals surface area contributed by atoms with Crippen LogP contribution in [0.15, 0.2) is 18.2 Å². The second kappa shape index (κ2) is 3.37. The molecule has 4 heteroatoms. The molecule has 0 amide bonds. The largest absolute Gasteiger partial charge is 0.391 e. The van der Waals surface area contributed by atoms with Crippen molar-refractivity contribution in [3.8, 4) is 0 Å². The molecule has 1 aromatic heterocycles. The van der Waals surface area contributed by atoms with Crippen LogP contribution < -0.4 is 5.73 Å². The Balaban J connectivity index is 2.75. The minimum atomic E-state index is 0.478. The molecule has 0 atom stereocenters. The summed E-state index contributed by atoms with van der Waals surface area (Å²) in [5, 5.41) is 2.59. The van der Waals surface area contributed by atoms with Crippen LogP contribution in [0.4, 0.5) is 5.00 Å². The summed E-state index contributed by atoms with van der Waals surface area (Å²) in [7, 11) is 0. The second-order valence-electron chi connectivity index (χ2n) is 2.78. The Labute approximate surface area is 90.1 Å². The third kappa shape index (κ3) is 1.62. The molecule has 1 nitrogen and oxygen atoms in total. The topological polar surface area (TPSA) is 26.0 Å². The quantitative estimate of drug-likeness (QED) is 0.742. The van der Waals surface area contributed by atoms with E-state index in [-0.39, 0.29) is 0 Å². The van der Waals surface area contributed by atoms with Gasteiger partial charge in [0, 0.05) is 5.88 Å². The van der Waals surface area contributed by atoms with Gasteiger partial charge in [0.05, 0.1) is 14.7 Å². The number of benzene rings is 1. The highest BCUT2D eigenvalue weighted by Gasteiger charge is 2.05. The molecule has 2 rings (SSSR count). The lowest BCUT2D eigenvalue weighted by atomic mass is 10.2. The van der Waals surface area contributed by atoms with Crippen LogP contribution in [-0.2, 0) is 5.88 Å². The molecule has 2 aromatic rings. The molecule has 0 fully saturated rings. The highest BCUT2D eigenvalue weighted by atomic mass is 35.5. The summed E-state index contributed by atoms with van der Waals surface area (Å²) in [6, 6.07) is 5.82. The van der Waals surface area contributed by atoms with Gasteiger partial charge in [-0.1, -0.05) is 11.6 Å². The van der Waals surface area contributed by atoms with E-state index in [9.17, 15) is 0 Å². The van der Waals surface area contributed by atoms with Crippen LogP contribution in [0, 0.1) is 0 Å². The molecule has 2 N–H and O–H groups in total. The number of rotatable bonds is 1. The van der Waals surface area contributed by atoms with Crippen molar-refractivity contribution in [3.63, 3.8) is 0 Å². The maximum atomic E-state index is 6.05. The lowest BCUT2D eigenvalue weighted by molar-refractivity contribution is 1.43. The van der Waals surface area contributed by atoms with Gasteiger partial charge in [-0.05, 0) is 29.1 Å². The SMILES string of the molecule is Nc1cc2cc(CCl)cc(Cl)c2s1. The van der Waals surface area contributed by atoms with E-state index in [1.165, 1.54) is 11.3 Å². The number of hydrogen-bond acceptors (Lipinski definition) is 2. The summed E-state index contributed by atoms with van der Waals surface area (Å²) in [5.41, 5.74) is 6.70. The number of hydrogen-bond donors (Lipinski definition) is 1. The van der Waals surface area contributed by atoms with Crippen LogP contribution in [0.3, 0.4) is 0 Å². The molecule has 0 aliphatic heterocycles. The average Bonchev–Trinajstić information content (AvgIpc) is 2.46. The van der Waals surface area contributed by atoms with Crippen molar-refractivity contribution in [2.45, 2.75) is 5.88 Å². The highest BCUT2D eigenvalue weighted by molar-refractivity contribution is 7.23. The molecule has 68 valence electrons. The standard InChI is InChI=1S/C9H7Cl2NS/c10-4-5-1-6-3-8(12)13-9(6)7(11)2-5/h1-3H,4,12H2. The van der Waals surface area contributed by atoms with Gasteiger partial charge in [0.25, 0.3) is 0 Å². The van der Waals surface area contributed by atoms with Gasteiger partial charge in [0.2, 0.25) is 0 Å². The van der Waals surface area contributed by atoms with Gasteiger partial charge in [-0.3, -0.25) is 0 Å². The zero-order chi connectivity index (χ0) is 9.42. The van der Waals surface area contributed by atoms with Gasteiger partial charge < -0.3 is 5.73 Å². The molecule has 0 bridgehead atoms. The summed E-state index contributed by atoms with van der Waals surface area (Å²) < 4.78 is 1.04. The number of halogens is 2. The number of alkyl halides is 1. The Morgan fingerprint density at radius 3 is 2.77 bits per heavy atom. The normalized spacial score (nSPS) is 10.9. The number of fused-ring (bicyclic) bond motifs is 1. The first kappa shape index (κ1) is 9.13. The Morgan fingerprint density at radius 1 is 1.31 bits per heavy atom. The smallest absolute Gasteiger partial charge is 0.0869 e. The van der Waals surface area contributed by atoms with E-state index in [4.69, 9.17) is 28.9 Å². The molecule has 0 saturated heterocycles. The van der Waals surface area contributed by atoms with E-state index in [2.05, 4.69) is 0 Å². The Morgan fingerprint density at radius 2 is 2.08 bits per heavy atom. The zero-order valence-electron chi connectivity index (χ0n) is 6.68. The number of anilines is 1. The molecule has 13 heavy (non-hydrogen) atoms. The first-order valence-corrected chi connectivity index (χ1v) is 5.47. The molecule has 0 spiro atoms. The second-order valence-corrected chi connectivity index (χ2v) is 4.54. The van der Waals surface area contributed by atoms with E-state index >= 15 is 0 Å². The maximum Gasteiger partial charge on any atom is 0.0869 e. The monoisotopic (exact) mass is 231 g/mol. The van der Waals surface area contributed by atoms with E-state index in [1.807, 2.05) is 18.2 Å². The Kier molecular flexibility index (Phi) is 2.37. The predicted molar refractivity (Wildman–Crippen MR) is 60.8 cm³/mol. The van der Waals surface area contributed by atoms with Crippen molar-refractivity contribution in [2.24, 2.45) is 0 Å². The molecule has 0 aliphatic rings. The molecular formula is C9H7Cl2NS. The summed E-state index contributed by atoms with van der Waals surface area (Å²) >= 11 is 13.3. The zero-order valence-corrected chi connectivity index (χ0v) is 9.01. The summed E-state index contributed by atoms with van der Waals surface area (Å²) in [6.45, 7) is 0. The fraction of sp³-hybridized carbons (Fsp3) is 0.111. The molecule has 0 unspecified atom stereocenters. The van der Waals surface area contributed by atoms with E-state index in [0.717, 1.165) is 25.7 Å². The number of thiophene rings is 1. The van der Waals surface area contributed by atoms with Gasteiger partial charge in [-0.2, -0.15) is 0 Å². The van der Waals surface area contributed by atoms with Crippen molar-refractivity contribution in [2.75, 3.05) is 5.73 Å². The van der Waals surface area contributed by atoms with Gasteiger partial charge >= 0.3 is 0 Å². The van der Waals surface area contributed by atoms with Gasteiger partial charge in [-0.15, -0.1) is 22.9 Å². The average molecular weight is 232 g/mol. The van der Waals surface area contributed by atoms with Crippen LogP contribution in [0.5, 0.6) is 0 Å². The molecule has 1 aromatic carbocycles. The Hall–Kier alpha value is -0.440. The van der Waals surface area contributed by atoms with Gasteiger partial charge in [0.1, 0.15) is 0 Å². The molecule has 0 radical (unpaired) electrons. The van der Waals surface area contributed by atoms with Crippen molar-refractivity contribution in [3.05, 3.63) is 28.8 Å². The van der Waals surface area contributed by atoms with Crippen molar-refractivity contribution >= 4 is 49.6 Å². The summed E-state index contributed by atoms with van der Waals surface area (Å²) in [5.74, 6) is 0.478. The molecular weight excluding hydrogens is 225 g/mol. The highest BCUT2D eigenvalue weighted by Crippen LogP contribution is 2.34. The summed E-state index contributed by atoms with van der Waals surface area (Å²) in [4.78, 5) is 0. The summed E-state index contributed by atoms with van der Waals surface area (Å²) in [6.07, 6.45) is 0. The van der Waals surface area contributed by atoms with Crippen LogP contribution in [0.1, 0.15) is 5.56 Å². The van der Waals surface area contributed by atoms with E-state index in [0.29, 0.717) is 5.88 Å². The van der Waals surface area contributed by atoms with Gasteiger partial charge in [-0.25, -0.2) is 0 Å². The van der Waals surface area contributed by atoms with Crippen molar-refractivity contribution in [1.82, 2.24) is 0 Å². The van der Waals surface area contributed by atoms with Crippen LogP contribution >= 0.6 is 34.5 Å². The third-order valence-corrected chi connectivity index (χ3v) is 3.54. The predicted octanol–water partition coefficient (Wildman–Crippen LogP) is 3.88. The minimum Gasteiger partial charge on any atom is -0.391 e. The minimum absolute atomic E-state index is 0.478. The van der Waals surface area contributed by atoms with Gasteiger partial charge in [0.15, 0.2) is 0 Å². The van der Waals surface area contributed by atoms with Crippen LogP contribution in [0.2, 0.25) is 5.02 Å². The lowest BCUT2D eigenvalue weighted by Gasteiger charge is -1.97. The van der Waals surface area contributed by atoms with Crippen LogP contribution in [-0.4, -0.2) is 0 Å². The number of nitrogen functional groups attached to an aromatic ring is 1. The first-order chi connectivity index (χ1) is 6.20. The van der Waals surface area contributed by atoms with Crippen molar-refractivity contribution < 1.29 is 0 Å². The fourth-order valence-electron chi connectivity index (χ4n) is 1.27. The Bertz CT molecular complexity index is 450. The molecule has 1 heterocycles. The first-order valence-electron chi connectivity index (χ1n) is 3.74. The maximum absolute atomic E-state index is 6.05. The number of nitrogens with two attached hydrogens (primary N) is 1. The van der Waals surface area contributed by atoms with E-state index in [1.54, 1.807) is 0 Å². The van der Waals surface area contributed by atoms with E-state index < -0.39 is 0 Å². The fourth-order valence-corrected chi connectivity index (χ4v) is 2.60. The molecule has 0 saturated carbocycles. The van der Waals surface area contributed by atoms with Crippen LogP contribution in [0.25, 0.3) is 10.1 Å². The molecule has 0 aliphatic carbocycles. The van der Waals surface area contributed by atoms with Crippen molar-refractivity contribution in [1.29, 1.82) is 0 Å².